The first kappa shape index (κ1) is 23.9. The van der Waals surface area contributed by atoms with Crippen molar-refractivity contribution >= 4 is 57.7 Å². The Morgan fingerprint density at radius 3 is 2.56 bits per heavy atom. The smallest absolute Gasteiger partial charge is 0.271 e. The van der Waals surface area contributed by atoms with Crippen molar-refractivity contribution in [3.63, 3.8) is 0 Å². The zero-order chi connectivity index (χ0) is 24.1. The fraction of sp³-hybridized carbons (Fsp3) is 0.0769. The topological polar surface area (TPSA) is 59.9 Å². The molecule has 5 nitrogen and oxygen atoms in total. The molecule has 172 valence electrons. The summed E-state index contributed by atoms with van der Waals surface area (Å²) in [6.07, 6.45) is 1.48. The average molecular weight is 514 g/mol. The predicted molar refractivity (Wildman–Crippen MR) is 138 cm³/mol. The number of methoxy groups -OCH3 is 1. The second kappa shape index (κ2) is 10.8. The summed E-state index contributed by atoms with van der Waals surface area (Å²) in [5, 5.41) is 7.27. The minimum Gasteiger partial charge on any atom is -0.493 e. The van der Waals surface area contributed by atoms with Gasteiger partial charge in [-0.15, -0.1) is 0 Å². The molecule has 0 bridgehead atoms. The largest absolute Gasteiger partial charge is 0.493 e. The summed E-state index contributed by atoms with van der Waals surface area (Å²) < 4.78 is 11.3. The van der Waals surface area contributed by atoms with Crippen LogP contribution in [0.5, 0.6) is 11.5 Å². The van der Waals surface area contributed by atoms with Crippen molar-refractivity contribution in [1.82, 2.24) is 5.43 Å². The van der Waals surface area contributed by atoms with Crippen LogP contribution in [0.15, 0.2) is 77.9 Å². The molecule has 1 amide bonds. The zero-order valence-corrected chi connectivity index (χ0v) is 20.3. The molecule has 0 aliphatic carbocycles. The van der Waals surface area contributed by atoms with E-state index in [9.17, 15) is 4.79 Å². The number of nitrogens with zero attached hydrogens (tertiary/aromatic N) is 1. The molecule has 0 aliphatic rings. The van der Waals surface area contributed by atoms with Gasteiger partial charge in [0.25, 0.3) is 5.91 Å². The van der Waals surface area contributed by atoms with Gasteiger partial charge >= 0.3 is 0 Å². The van der Waals surface area contributed by atoms with Crippen LogP contribution in [0.3, 0.4) is 0 Å². The van der Waals surface area contributed by atoms with Gasteiger partial charge in [0.2, 0.25) is 0 Å². The van der Waals surface area contributed by atoms with Crippen molar-refractivity contribution in [2.24, 2.45) is 5.10 Å². The monoisotopic (exact) mass is 512 g/mol. The van der Waals surface area contributed by atoms with E-state index in [4.69, 9.17) is 44.3 Å². The highest BCUT2D eigenvalue weighted by Crippen LogP contribution is 2.37. The van der Waals surface area contributed by atoms with Crippen LogP contribution < -0.4 is 14.9 Å². The Morgan fingerprint density at radius 2 is 1.76 bits per heavy atom. The molecule has 0 atom stereocenters. The summed E-state index contributed by atoms with van der Waals surface area (Å²) >= 11 is 18.6. The molecule has 0 unspecified atom stereocenters. The molecule has 4 aromatic rings. The Labute approximate surface area is 211 Å². The van der Waals surface area contributed by atoms with Gasteiger partial charge in [0.1, 0.15) is 6.61 Å². The van der Waals surface area contributed by atoms with Gasteiger partial charge in [-0.05, 0) is 46.7 Å². The number of fused-ring (bicyclic) bond motifs is 1. The number of rotatable bonds is 7. The number of halogens is 3. The van der Waals surface area contributed by atoms with Gasteiger partial charge < -0.3 is 9.47 Å². The van der Waals surface area contributed by atoms with Crippen molar-refractivity contribution in [2.75, 3.05) is 7.11 Å². The molecule has 0 aliphatic heterocycles. The number of ether oxygens (including phenoxy) is 2. The summed E-state index contributed by atoms with van der Waals surface area (Å²) in [6, 6.07) is 21.7. The summed E-state index contributed by atoms with van der Waals surface area (Å²) in [5.74, 6) is 0.470. The first-order valence-corrected chi connectivity index (χ1v) is 11.3. The number of nitrogens with one attached hydrogen (secondary N) is 1. The van der Waals surface area contributed by atoms with Crippen LogP contribution in [-0.4, -0.2) is 19.2 Å². The van der Waals surface area contributed by atoms with Crippen LogP contribution in [0.2, 0.25) is 15.1 Å². The highest BCUT2D eigenvalue weighted by atomic mass is 35.5. The molecule has 34 heavy (non-hydrogen) atoms. The highest BCUT2D eigenvalue weighted by molar-refractivity contribution is 6.35. The first-order valence-electron chi connectivity index (χ1n) is 10.2. The third-order valence-corrected chi connectivity index (χ3v) is 5.92. The molecular weight excluding hydrogens is 495 g/mol. The van der Waals surface area contributed by atoms with E-state index >= 15 is 0 Å². The molecule has 0 aromatic heterocycles. The van der Waals surface area contributed by atoms with Crippen LogP contribution in [-0.2, 0) is 6.61 Å². The van der Waals surface area contributed by atoms with Crippen LogP contribution in [0.1, 0.15) is 21.5 Å². The third-order valence-electron chi connectivity index (χ3n) is 5.05. The molecule has 0 saturated carbocycles. The molecule has 1 N–H and O–H groups in total. The molecule has 4 aromatic carbocycles. The maximum absolute atomic E-state index is 12.6. The molecule has 8 heteroatoms. The minimum absolute atomic E-state index is 0.181. The molecule has 0 heterocycles. The molecule has 4 rings (SSSR count). The third kappa shape index (κ3) is 5.45. The zero-order valence-electron chi connectivity index (χ0n) is 18.0. The predicted octanol–water partition coefficient (Wildman–Crippen LogP) is 7.15. The van der Waals surface area contributed by atoms with Crippen LogP contribution in [0.25, 0.3) is 10.8 Å². The van der Waals surface area contributed by atoms with Gasteiger partial charge in [-0.3, -0.25) is 4.79 Å². The fourth-order valence-electron chi connectivity index (χ4n) is 3.39. The second-order valence-corrected chi connectivity index (χ2v) is 8.54. The first-order chi connectivity index (χ1) is 16.5. The summed E-state index contributed by atoms with van der Waals surface area (Å²) in [6.45, 7) is 0.181. The van der Waals surface area contributed by atoms with Crippen molar-refractivity contribution in [1.29, 1.82) is 0 Å². The quantitative estimate of drug-likeness (QED) is 0.211. The van der Waals surface area contributed by atoms with Crippen molar-refractivity contribution < 1.29 is 14.3 Å². The maximum atomic E-state index is 12.6. The lowest BCUT2D eigenvalue weighted by molar-refractivity contribution is 0.0957. The van der Waals surface area contributed by atoms with E-state index in [-0.39, 0.29) is 12.5 Å². The number of hydrazone groups is 1. The number of carbonyl (C=O) groups excluding carboxylic acids is 1. The summed E-state index contributed by atoms with van der Waals surface area (Å²) in [5.41, 5.74) is 4.47. The van der Waals surface area contributed by atoms with E-state index in [2.05, 4.69) is 10.5 Å². The number of hydrogen-bond acceptors (Lipinski definition) is 4. The van der Waals surface area contributed by atoms with Gasteiger partial charge in [0.05, 0.1) is 18.3 Å². The van der Waals surface area contributed by atoms with Gasteiger partial charge in [0.15, 0.2) is 11.5 Å². The molecule has 0 fully saturated rings. The van der Waals surface area contributed by atoms with Crippen LogP contribution >= 0.6 is 34.8 Å². The van der Waals surface area contributed by atoms with Crippen molar-refractivity contribution in [2.45, 2.75) is 6.61 Å². The molecule has 0 radical (unpaired) electrons. The summed E-state index contributed by atoms with van der Waals surface area (Å²) in [7, 11) is 1.51. The lowest BCUT2D eigenvalue weighted by atomic mass is 10.0. The average Bonchev–Trinajstić information content (AvgIpc) is 2.83. The van der Waals surface area contributed by atoms with Crippen LogP contribution in [0, 0.1) is 0 Å². The van der Waals surface area contributed by atoms with Crippen LogP contribution in [0.4, 0.5) is 0 Å². The van der Waals surface area contributed by atoms with E-state index < -0.39 is 0 Å². The van der Waals surface area contributed by atoms with Gasteiger partial charge in [-0.1, -0.05) is 77.3 Å². The minimum atomic E-state index is -0.314. The van der Waals surface area contributed by atoms with Gasteiger partial charge in [0, 0.05) is 21.2 Å². The number of benzene rings is 4. The Morgan fingerprint density at radius 1 is 0.971 bits per heavy atom. The normalized spacial score (nSPS) is 11.1. The SMILES string of the molecule is COc1cc(/C=N/NC(=O)c2cccc3ccccc23)cc(Cl)c1OCc1ccc(Cl)cc1Cl. The maximum Gasteiger partial charge on any atom is 0.271 e. The molecular formula is C26H19Cl3N2O3. The fourth-order valence-corrected chi connectivity index (χ4v) is 4.13. The second-order valence-electron chi connectivity index (χ2n) is 7.28. The van der Waals surface area contributed by atoms with Crippen molar-refractivity contribution in [3.8, 4) is 11.5 Å². The lowest BCUT2D eigenvalue weighted by Crippen LogP contribution is -2.17. The Kier molecular flexibility index (Phi) is 7.58. The highest BCUT2D eigenvalue weighted by Gasteiger charge is 2.13. The molecule has 0 saturated heterocycles. The Hall–Kier alpha value is -3.25. The standard InChI is InChI=1S/C26H19Cl3N2O3/c1-33-24-12-16(11-23(29)25(24)34-15-18-9-10-19(27)13-22(18)28)14-30-31-26(32)21-8-4-6-17-5-2-3-7-20(17)21/h2-14H,15H2,1H3,(H,31,32)/b30-14+. The van der Waals surface area contributed by atoms with Gasteiger partial charge in [-0.2, -0.15) is 5.10 Å². The number of hydrogen-bond donors (Lipinski definition) is 1. The Bertz CT molecular complexity index is 1380. The van der Waals surface area contributed by atoms with E-state index in [1.165, 1.54) is 13.3 Å². The van der Waals surface area contributed by atoms with E-state index in [0.717, 1.165) is 16.3 Å². The summed E-state index contributed by atoms with van der Waals surface area (Å²) in [4.78, 5) is 12.6. The van der Waals surface area contributed by atoms with E-state index in [0.29, 0.717) is 37.7 Å². The van der Waals surface area contributed by atoms with Crippen molar-refractivity contribution in [3.05, 3.63) is 105 Å². The molecule has 0 spiro atoms. The number of amides is 1. The van der Waals surface area contributed by atoms with E-state index in [1.54, 1.807) is 36.4 Å². The van der Waals surface area contributed by atoms with E-state index in [1.807, 2.05) is 36.4 Å². The lowest BCUT2D eigenvalue weighted by Gasteiger charge is -2.14. The number of carbonyl (C=O) groups is 1. The Balaban J connectivity index is 1.48. The van der Waals surface area contributed by atoms with Gasteiger partial charge in [-0.25, -0.2) is 5.43 Å².